The zero-order valence-electron chi connectivity index (χ0n) is 19.2. The number of carbonyl (C=O) groups is 3. The van der Waals surface area contributed by atoms with E-state index in [0.717, 1.165) is 16.0 Å². The minimum Gasteiger partial charge on any atom is -0.384 e. The van der Waals surface area contributed by atoms with E-state index >= 15 is 0 Å². The van der Waals surface area contributed by atoms with E-state index in [9.17, 15) is 14.4 Å². The summed E-state index contributed by atoms with van der Waals surface area (Å²) in [4.78, 5) is 46.3. The molecule has 0 spiro atoms. The van der Waals surface area contributed by atoms with Gasteiger partial charge in [-0.1, -0.05) is 6.92 Å². The lowest BCUT2D eigenvalue weighted by Gasteiger charge is -2.45. The molecule has 0 radical (unpaired) electrons. The molecule has 3 aromatic heterocycles. The normalized spacial score (nSPS) is 18.3. The predicted octanol–water partition coefficient (Wildman–Crippen LogP) is 2.35. The first kappa shape index (κ1) is 23.4. The maximum Gasteiger partial charge on any atom is 0.325 e. The number of aryl methyl sites for hydroxylation is 1. The monoisotopic (exact) mass is 481 g/mol. The number of likely N-dealkylation sites (tertiary alicyclic amines) is 1. The lowest BCUT2D eigenvalue weighted by molar-refractivity contribution is -0.156. The Hall–Kier alpha value is -3.73. The number of nitrogens with one attached hydrogen (secondary N) is 1. The Labute approximate surface area is 201 Å². The molecule has 0 unspecified atom stereocenters. The topological polar surface area (TPSA) is 126 Å². The second-order valence-electron chi connectivity index (χ2n) is 8.26. The summed E-state index contributed by atoms with van der Waals surface area (Å²) in [6.07, 6.45) is 4.20. The molecule has 4 heterocycles. The highest BCUT2D eigenvalue weighted by Crippen LogP contribution is 2.33. The molecule has 34 heavy (non-hydrogen) atoms. The molecule has 1 saturated heterocycles. The average molecular weight is 482 g/mol. The van der Waals surface area contributed by atoms with E-state index in [-0.39, 0.29) is 18.4 Å². The van der Waals surface area contributed by atoms with Gasteiger partial charge in [0, 0.05) is 32.6 Å². The summed E-state index contributed by atoms with van der Waals surface area (Å²) in [7, 11) is 3.34. The van der Waals surface area contributed by atoms with Gasteiger partial charge in [-0.2, -0.15) is 16.4 Å². The van der Waals surface area contributed by atoms with Crippen LogP contribution >= 0.6 is 11.3 Å². The minimum absolute atomic E-state index is 0.255. The summed E-state index contributed by atoms with van der Waals surface area (Å²) in [5, 5.41) is 11.1. The van der Waals surface area contributed by atoms with Gasteiger partial charge in [0.25, 0.3) is 5.91 Å². The molecule has 10 nitrogen and oxygen atoms in total. The number of likely N-dealkylation sites (N-methyl/N-ethyl adjacent to an activating group) is 1. The zero-order valence-corrected chi connectivity index (χ0v) is 20.0. The van der Waals surface area contributed by atoms with Crippen LogP contribution in [-0.4, -0.2) is 50.6 Å². The number of urea groups is 1. The molecule has 0 saturated carbocycles. The number of amides is 4. The largest absolute Gasteiger partial charge is 0.384 e. The van der Waals surface area contributed by atoms with Gasteiger partial charge in [0.2, 0.25) is 5.91 Å². The molecule has 1 aliphatic heterocycles. The van der Waals surface area contributed by atoms with Crippen LogP contribution in [0.5, 0.6) is 0 Å². The van der Waals surface area contributed by atoms with Crippen LogP contribution in [0.3, 0.4) is 0 Å². The quantitative estimate of drug-likeness (QED) is 0.499. The third-order valence-corrected chi connectivity index (χ3v) is 6.71. The van der Waals surface area contributed by atoms with Crippen molar-refractivity contribution in [2.45, 2.75) is 31.8 Å². The van der Waals surface area contributed by atoms with Gasteiger partial charge >= 0.3 is 6.03 Å². The molecule has 4 amide bonds. The fourth-order valence-electron chi connectivity index (χ4n) is 4.14. The Morgan fingerprint density at radius 2 is 2.12 bits per heavy atom. The number of aromatic nitrogens is 3. The van der Waals surface area contributed by atoms with Crippen molar-refractivity contribution in [1.82, 2.24) is 25.0 Å². The standard InChI is InChI=1S/C23H27N7O3S/c1-4-17(15-7-10-34-13-15)26-23(33)30-20(22(32)29(3)19-6-9-28(2)27-19)16(21(30)31)11-14-5-8-25-18(24)12-14/h5-10,12-13,16-17,20H,4,11H2,1-3H3,(H2,24,25)(H,26,33)/t16-,17-,20+/m1/s1. The first-order chi connectivity index (χ1) is 16.3. The molecule has 3 N–H and O–H groups in total. The molecule has 3 aromatic rings. The fraction of sp³-hybridized carbons (Fsp3) is 0.348. The summed E-state index contributed by atoms with van der Waals surface area (Å²) in [5.41, 5.74) is 7.52. The third kappa shape index (κ3) is 4.51. The number of hydrogen-bond acceptors (Lipinski definition) is 7. The number of hydrogen-bond donors (Lipinski definition) is 2. The highest BCUT2D eigenvalue weighted by atomic mass is 32.1. The zero-order chi connectivity index (χ0) is 24.4. The number of carbonyl (C=O) groups excluding carboxylic acids is 3. The average Bonchev–Trinajstić information content (AvgIpc) is 3.50. The highest BCUT2D eigenvalue weighted by molar-refractivity contribution is 7.08. The van der Waals surface area contributed by atoms with Crippen molar-refractivity contribution in [1.29, 1.82) is 0 Å². The Bertz CT molecular complexity index is 1190. The lowest BCUT2D eigenvalue weighted by Crippen LogP contribution is -2.70. The second-order valence-corrected chi connectivity index (χ2v) is 9.04. The Balaban J connectivity index is 1.59. The molecule has 1 aliphatic rings. The van der Waals surface area contributed by atoms with Gasteiger partial charge in [-0.25, -0.2) is 9.78 Å². The van der Waals surface area contributed by atoms with Crippen LogP contribution in [0, 0.1) is 5.92 Å². The van der Waals surface area contributed by atoms with Crippen LogP contribution in [-0.2, 0) is 23.1 Å². The van der Waals surface area contributed by atoms with Crippen LogP contribution in [0.4, 0.5) is 16.4 Å². The van der Waals surface area contributed by atoms with Crippen molar-refractivity contribution in [3.05, 3.63) is 58.5 Å². The SMILES string of the molecule is CC[C@@H](NC(=O)N1C(=O)[C@H](Cc2ccnc(N)c2)[C@H]1C(=O)N(C)c1ccn(C)n1)c1ccsc1. The number of β-lactam (4-membered cyclic amide) rings is 1. The van der Waals surface area contributed by atoms with E-state index in [1.54, 1.807) is 49.4 Å². The van der Waals surface area contributed by atoms with Crippen molar-refractivity contribution in [3.63, 3.8) is 0 Å². The van der Waals surface area contributed by atoms with Gasteiger partial charge in [-0.15, -0.1) is 0 Å². The molecule has 178 valence electrons. The Morgan fingerprint density at radius 1 is 1.32 bits per heavy atom. The first-order valence-electron chi connectivity index (χ1n) is 10.9. The third-order valence-electron chi connectivity index (χ3n) is 6.01. The number of imide groups is 1. The number of nitrogens with two attached hydrogens (primary N) is 1. The number of anilines is 2. The molecule has 0 aliphatic carbocycles. The van der Waals surface area contributed by atoms with Gasteiger partial charge in [0.05, 0.1) is 12.0 Å². The lowest BCUT2D eigenvalue weighted by atomic mass is 9.81. The number of nitrogen functional groups attached to an aromatic ring is 1. The van der Waals surface area contributed by atoms with Crippen LogP contribution in [0.1, 0.15) is 30.5 Å². The highest BCUT2D eigenvalue weighted by Gasteiger charge is 2.55. The van der Waals surface area contributed by atoms with E-state index in [1.807, 2.05) is 23.8 Å². The summed E-state index contributed by atoms with van der Waals surface area (Å²) >= 11 is 1.53. The molecule has 0 bridgehead atoms. The van der Waals surface area contributed by atoms with Crippen molar-refractivity contribution < 1.29 is 14.4 Å². The van der Waals surface area contributed by atoms with E-state index in [4.69, 9.17) is 5.73 Å². The summed E-state index contributed by atoms with van der Waals surface area (Å²) in [5.74, 6) is -0.727. The second kappa shape index (κ2) is 9.64. The number of thiophene rings is 1. The smallest absolute Gasteiger partial charge is 0.325 e. The summed E-state index contributed by atoms with van der Waals surface area (Å²) in [6.45, 7) is 1.95. The van der Waals surface area contributed by atoms with E-state index in [0.29, 0.717) is 18.1 Å². The van der Waals surface area contributed by atoms with Gasteiger partial charge in [-0.05, 0) is 52.9 Å². The van der Waals surface area contributed by atoms with Crippen molar-refractivity contribution >= 4 is 40.8 Å². The molecule has 4 rings (SSSR count). The van der Waals surface area contributed by atoms with Gasteiger partial charge in [0.1, 0.15) is 11.9 Å². The van der Waals surface area contributed by atoms with Gasteiger partial charge in [-0.3, -0.25) is 24.1 Å². The van der Waals surface area contributed by atoms with E-state index in [2.05, 4.69) is 15.4 Å². The molecule has 0 aromatic carbocycles. The fourth-order valence-corrected chi connectivity index (χ4v) is 4.85. The van der Waals surface area contributed by atoms with Gasteiger partial charge in [0.15, 0.2) is 5.82 Å². The van der Waals surface area contributed by atoms with Crippen LogP contribution in [0.2, 0.25) is 0 Å². The first-order valence-corrected chi connectivity index (χ1v) is 11.9. The molecule has 1 fully saturated rings. The number of nitrogens with zero attached hydrogens (tertiary/aromatic N) is 5. The van der Waals surface area contributed by atoms with Crippen molar-refractivity contribution in [2.24, 2.45) is 13.0 Å². The van der Waals surface area contributed by atoms with Crippen LogP contribution in [0.15, 0.2) is 47.4 Å². The van der Waals surface area contributed by atoms with E-state index < -0.39 is 23.9 Å². The summed E-state index contributed by atoms with van der Waals surface area (Å²) < 4.78 is 1.58. The number of rotatable bonds is 7. The van der Waals surface area contributed by atoms with Crippen molar-refractivity contribution in [2.75, 3.05) is 17.7 Å². The summed E-state index contributed by atoms with van der Waals surface area (Å²) in [6, 6.07) is 5.25. The van der Waals surface area contributed by atoms with Crippen LogP contribution in [0.25, 0.3) is 0 Å². The Morgan fingerprint density at radius 3 is 2.74 bits per heavy atom. The van der Waals surface area contributed by atoms with Gasteiger partial charge < -0.3 is 11.1 Å². The van der Waals surface area contributed by atoms with E-state index in [1.165, 1.54) is 16.2 Å². The maximum atomic E-state index is 13.5. The molecule has 3 atom stereocenters. The number of pyridine rings is 1. The van der Waals surface area contributed by atoms with Crippen LogP contribution < -0.4 is 16.0 Å². The predicted molar refractivity (Wildman–Crippen MR) is 129 cm³/mol. The molecule has 11 heteroatoms. The minimum atomic E-state index is -0.964. The van der Waals surface area contributed by atoms with Crippen molar-refractivity contribution in [3.8, 4) is 0 Å². The Kier molecular flexibility index (Phi) is 6.64. The molecular weight excluding hydrogens is 454 g/mol. The maximum absolute atomic E-state index is 13.5. The molecular formula is C23H27N7O3S.